The summed E-state index contributed by atoms with van der Waals surface area (Å²) in [6.07, 6.45) is 0. The van der Waals surface area contributed by atoms with Gasteiger partial charge >= 0.3 is 5.97 Å². The second kappa shape index (κ2) is 4.48. The molecule has 0 aliphatic carbocycles. The van der Waals surface area contributed by atoms with Crippen LogP contribution in [0.1, 0.15) is 15.9 Å². The maximum Gasteiger partial charge on any atom is 0.338 e. The number of nitrogens with one attached hydrogen (secondary N) is 1. The molecule has 1 heterocycles. The van der Waals surface area contributed by atoms with Crippen LogP contribution in [0.5, 0.6) is 11.5 Å². The highest BCUT2D eigenvalue weighted by molar-refractivity contribution is 6.18. The molecule has 0 unspecified atom stereocenters. The first kappa shape index (κ1) is 11.9. The Morgan fingerprint density at radius 3 is 2.74 bits per heavy atom. The molecule has 96 valence electrons. The third-order valence-electron chi connectivity index (χ3n) is 2.98. The van der Waals surface area contributed by atoms with Crippen molar-refractivity contribution in [3.05, 3.63) is 47.5 Å². The summed E-state index contributed by atoms with van der Waals surface area (Å²) in [6, 6.07) is 10.8. The van der Waals surface area contributed by atoms with Crippen molar-refractivity contribution < 1.29 is 14.6 Å². The largest absolute Gasteiger partial charge is 0.478 e. The molecule has 0 atom stereocenters. The molecular formula is C14H10ClNO3. The lowest BCUT2D eigenvalue weighted by Crippen LogP contribution is -2.11. The molecule has 0 spiro atoms. The van der Waals surface area contributed by atoms with Gasteiger partial charge in [-0.05, 0) is 23.8 Å². The van der Waals surface area contributed by atoms with Crippen LogP contribution in [0.2, 0.25) is 0 Å². The van der Waals surface area contributed by atoms with Crippen molar-refractivity contribution in [1.82, 2.24) is 0 Å². The maximum absolute atomic E-state index is 11.4. The number of anilines is 2. The Hall–Kier alpha value is -2.20. The average Bonchev–Trinajstić information content (AvgIpc) is 2.43. The van der Waals surface area contributed by atoms with Crippen molar-refractivity contribution in [3.63, 3.8) is 0 Å². The number of hydrogen-bond acceptors (Lipinski definition) is 3. The molecule has 0 bridgehead atoms. The number of alkyl halides is 1. The van der Waals surface area contributed by atoms with Gasteiger partial charge in [0.15, 0.2) is 11.5 Å². The number of rotatable bonds is 2. The number of ether oxygens (including phenoxy) is 1. The predicted octanol–water partition coefficient (Wildman–Crippen LogP) is 3.97. The molecule has 19 heavy (non-hydrogen) atoms. The lowest BCUT2D eigenvalue weighted by molar-refractivity contribution is 0.0696. The normalized spacial score (nSPS) is 11.8. The van der Waals surface area contributed by atoms with Gasteiger partial charge in [0, 0.05) is 5.88 Å². The number of carbonyl (C=O) groups is 1. The second-order valence-electron chi connectivity index (χ2n) is 4.13. The molecule has 0 radical (unpaired) electrons. The van der Waals surface area contributed by atoms with Gasteiger partial charge in [-0.3, -0.25) is 0 Å². The van der Waals surface area contributed by atoms with Crippen LogP contribution in [-0.2, 0) is 5.88 Å². The molecule has 0 aromatic heterocycles. The molecule has 0 saturated heterocycles. The van der Waals surface area contributed by atoms with Crippen LogP contribution in [0.25, 0.3) is 0 Å². The van der Waals surface area contributed by atoms with Crippen LogP contribution >= 0.6 is 11.6 Å². The van der Waals surface area contributed by atoms with Crippen molar-refractivity contribution in [2.45, 2.75) is 5.88 Å². The van der Waals surface area contributed by atoms with Gasteiger partial charge in [0.1, 0.15) is 0 Å². The van der Waals surface area contributed by atoms with E-state index in [-0.39, 0.29) is 11.4 Å². The molecule has 3 rings (SSSR count). The Balaban J connectivity index is 2.18. The number of hydrogen-bond donors (Lipinski definition) is 2. The van der Waals surface area contributed by atoms with Gasteiger partial charge in [-0.1, -0.05) is 18.2 Å². The van der Waals surface area contributed by atoms with Crippen LogP contribution in [-0.4, -0.2) is 11.1 Å². The summed E-state index contributed by atoms with van der Waals surface area (Å²) in [6.45, 7) is 0. The van der Waals surface area contributed by atoms with Gasteiger partial charge in [0.2, 0.25) is 0 Å². The van der Waals surface area contributed by atoms with E-state index in [1.54, 1.807) is 12.1 Å². The molecule has 2 aromatic rings. The molecule has 0 fully saturated rings. The highest BCUT2D eigenvalue weighted by Gasteiger charge is 2.24. The van der Waals surface area contributed by atoms with Crippen molar-refractivity contribution in [1.29, 1.82) is 0 Å². The first-order valence-corrected chi connectivity index (χ1v) is 6.23. The third-order valence-corrected chi connectivity index (χ3v) is 3.27. The summed E-state index contributed by atoms with van der Waals surface area (Å²) in [5.41, 5.74) is 1.90. The first-order valence-electron chi connectivity index (χ1n) is 5.69. The molecule has 2 aromatic carbocycles. The lowest BCUT2D eigenvalue weighted by atomic mass is 10.0. The minimum absolute atomic E-state index is 0.137. The number of para-hydroxylation sites is 2. The number of benzene rings is 2. The zero-order chi connectivity index (χ0) is 13.4. The quantitative estimate of drug-likeness (QED) is 0.695. The van der Waals surface area contributed by atoms with Gasteiger partial charge < -0.3 is 15.2 Å². The lowest BCUT2D eigenvalue weighted by Gasteiger charge is -2.23. The van der Waals surface area contributed by atoms with Gasteiger partial charge in [-0.25, -0.2) is 4.79 Å². The Labute approximate surface area is 114 Å². The van der Waals surface area contributed by atoms with Gasteiger partial charge in [0.05, 0.1) is 16.9 Å². The van der Waals surface area contributed by atoms with Crippen molar-refractivity contribution >= 4 is 28.9 Å². The Morgan fingerprint density at radius 2 is 2.00 bits per heavy atom. The number of carboxylic acid groups (broad SMARTS) is 1. The van der Waals surface area contributed by atoms with E-state index >= 15 is 0 Å². The fourth-order valence-corrected chi connectivity index (χ4v) is 2.33. The van der Waals surface area contributed by atoms with E-state index in [2.05, 4.69) is 5.32 Å². The van der Waals surface area contributed by atoms with E-state index in [0.717, 1.165) is 5.69 Å². The van der Waals surface area contributed by atoms with Crippen molar-refractivity contribution in [2.75, 3.05) is 5.32 Å². The Morgan fingerprint density at radius 1 is 1.21 bits per heavy atom. The molecule has 5 heteroatoms. The highest BCUT2D eigenvalue weighted by Crippen LogP contribution is 2.44. The Bertz CT molecular complexity index is 670. The Kier molecular flexibility index (Phi) is 2.80. The molecule has 0 amide bonds. The SMILES string of the molecule is O=C(O)c1c(CCl)ccc2c1Nc1ccccc1O2. The summed E-state index contributed by atoms with van der Waals surface area (Å²) in [7, 11) is 0. The number of aromatic carboxylic acids is 1. The number of carboxylic acids is 1. The van der Waals surface area contributed by atoms with E-state index in [0.29, 0.717) is 22.7 Å². The average molecular weight is 276 g/mol. The van der Waals surface area contributed by atoms with Crippen molar-refractivity contribution in [3.8, 4) is 11.5 Å². The standard InChI is InChI=1S/C14H10ClNO3/c15-7-8-5-6-11-13(12(8)14(17)18)16-9-3-1-2-4-10(9)19-11/h1-6,16H,7H2,(H,17,18). The van der Waals surface area contributed by atoms with E-state index in [1.165, 1.54) is 0 Å². The number of halogens is 1. The highest BCUT2D eigenvalue weighted by atomic mass is 35.5. The van der Waals surface area contributed by atoms with E-state index in [9.17, 15) is 9.90 Å². The van der Waals surface area contributed by atoms with Crippen LogP contribution in [0.15, 0.2) is 36.4 Å². The van der Waals surface area contributed by atoms with E-state index in [1.807, 2.05) is 24.3 Å². The predicted molar refractivity (Wildman–Crippen MR) is 72.8 cm³/mol. The maximum atomic E-state index is 11.4. The molecule has 1 aliphatic rings. The summed E-state index contributed by atoms with van der Waals surface area (Å²) in [4.78, 5) is 11.4. The zero-order valence-electron chi connectivity index (χ0n) is 9.81. The van der Waals surface area contributed by atoms with E-state index in [4.69, 9.17) is 16.3 Å². The van der Waals surface area contributed by atoms with Crippen LogP contribution in [0, 0.1) is 0 Å². The smallest absolute Gasteiger partial charge is 0.338 e. The summed E-state index contributed by atoms with van der Waals surface area (Å²) < 4.78 is 5.70. The molecular weight excluding hydrogens is 266 g/mol. The zero-order valence-corrected chi connectivity index (χ0v) is 10.6. The molecule has 1 aliphatic heterocycles. The topological polar surface area (TPSA) is 58.6 Å². The second-order valence-corrected chi connectivity index (χ2v) is 4.40. The molecule has 2 N–H and O–H groups in total. The van der Waals surface area contributed by atoms with Crippen molar-refractivity contribution in [2.24, 2.45) is 0 Å². The van der Waals surface area contributed by atoms with Crippen LogP contribution in [0.4, 0.5) is 11.4 Å². The van der Waals surface area contributed by atoms with Gasteiger partial charge in [-0.15, -0.1) is 11.6 Å². The summed E-state index contributed by atoms with van der Waals surface area (Å²) in [5.74, 6) is 0.274. The minimum Gasteiger partial charge on any atom is -0.478 e. The first-order chi connectivity index (χ1) is 9.20. The van der Waals surface area contributed by atoms with Crippen LogP contribution < -0.4 is 10.1 Å². The monoisotopic (exact) mass is 275 g/mol. The summed E-state index contributed by atoms with van der Waals surface area (Å²) >= 11 is 5.79. The van der Waals surface area contributed by atoms with Crippen LogP contribution in [0.3, 0.4) is 0 Å². The fourth-order valence-electron chi connectivity index (χ4n) is 2.10. The molecule has 4 nitrogen and oxygen atoms in total. The van der Waals surface area contributed by atoms with Gasteiger partial charge in [-0.2, -0.15) is 0 Å². The minimum atomic E-state index is -1.03. The van der Waals surface area contributed by atoms with Gasteiger partial charge in [0.25, 0.3) is 0 Å². The number of fused-ring (bicyclic) bond motifs is 2. The fraction of sp³-hybridized carbons (Fsp3) is 0.0714. The summed E-state index contributed by atoms with van der Waals surface area (Å²) in [5, 5.41) is 12.4. The molecule has 0 saturated carbocycles. The third kappa shape index (κ3) is 1.90. The van der Waals surface area contributed by atoms with E-state index < -0.39 is 5.97 Å².